The molecule has 31 heavy (non-hydrogen) atoms. The number of rotatable bonds is 6. The summed E-state index contributed by atoms with van der Waals surface area (Å²) in [4.78, 5) is 23.3. The second kappa shape index (κ2) is 9.55. The molecule has 1 amide bonds. The Balaban J connectivity index is 1.51. The highest BCUT2D eigenvalue weighted by Crippen LogP contribution is 2.35. The van der Waals surface area contributed by atoms with Crippen LogP contribution in [0.5, 0.6) is 11.5 Å². The Labute approximate surface area is 193 Å². The smallest absolute Gasteiger partial charge is 0.266 e. The van der Waals surface area contributed by atoms with E-state index >= 15 is 0 Å². The first-order valence-corrected chi connectivity index (χ1v) is 11.3. The molecule has 158 valence electrons. The average molecular weight is 472 g/mol. The van der Waals surface area contributed by atoms with Gasteiger partial charge < -0.3 is 9.47 Å². The third-order valence-electron chi connectivity index (χ3n) is 4.41. The number of hydrogen-bond acceptors (Lipinski definition) is 7. The van der Waals surface area contributed by atoms with Crippen LogP contribution in [0.4, 0.5) is 5.13 Å². The molecule has 1 saturated heterocycles. The number of thiazole rings is 1. The second-order valence-corrected chi connectivity index (χ2v) is 8.83. The van der Waals surface area contributed by atoms with Crippen molar-refractivity contribution in [3.63, 3.8) is 0 Å². The third kappa shape index (κ3) is 5.10. The van der Waals surface area contributed by atoms with Crippen LogP contribution in [0.15, 0.2) is 63.9 Å². The van der Waals surface area contributed by atoms with Gasteiger partial charge in [0.25, 0.3) is 5.91 Å². The van der Waals surface area contributed by atoms with E-state index < -0.39 is 0 Å². The molecule has 0 radical (unpaired) electrons. The molecule has 2 aromatic carbocycles. The van der Waals surface area contributed by atoms with E-state index in [2.05, 4.69) is 9.98 Å². The zero-order valence-corrected chi connectivity index (χ0v) is 19.1. The molecule has 0 unspecified atom stereocenters. The summed E-state index contributed by atoms with van der Waals surface area (Å²) in [5.74, 6) is 1.10. The van der Waals surface area contributed by atoms with Gasteiger partial charge in [0, 0.05) is 23.6 Å². The highest BCUT2D eigenvalue weighted by molar-refractivity contribution is 8.18. The van der Waals surface area contributed by atoms with Gasteiger partial charge in [-0.05, 0) is 53.2 Å². The topological polar surface area (TPSA) is 64.0 Å². The number of likely N-dealkylation sites (N-methyl/N-ethyl adjacent to an activating group) is 1. The van der Waals surface area contributed by atoms with Crippen molar-refractivity contribution in [1.82, 2.24) is 9.88 Å². The van der Waals surface area contributed by atoms with Gasteiger partial charge in [-0.2, -0.15) is 4.99 Å². The minimum absolute atomic E-state index is 0.109. The van der Waals surface area contributed by atoms with Crippen molar-refractivity contribution < 1.29 is 14.3 Å². The molecule has 3 aromatic rings. The van der Waals surface area contributed by atoms with Crippen LogP contribution in [0.2, 0.25) is 5.02 Å². The molecule has 0 atom stereocenters. The number of methoxy groups -OCH3 is 1. The number of halogens is 1. The van der Waals surface area contributed by atoms with E-state index in [1.165, 1.54) is 28.0 Å². The summed E-state index contributed by atoms with van der Waals surface area (Å²) < 4.78 is 11.4. The standard InChI is InChI=1S/C22H18ClN3O3S2/c1-26-20(27)19(31-22(26)25-21-24-9-10-30-21)12-15-5-8-17(18(11-15)28-2)29-13-14-3-6-16(23)7-4-14/h3-12H,13H2,1-2H3/b19-12-,25-22+. The Kier molecular flexibility index (Phi) is 6.60. The first-order chi connectivity index (χ1) is 15.0. The lowest BCUT2D eigenvalue weighted by Crippen LogP contribution is -2.23. The fourth-order valence-corrected chi connectivity index (χ4v) is 4.45. The molecular weight excluding hydrogens is 454 g/mol. The summed E-state index contributed by atoms with van der Waals surface area (Å²) in [7, 11) is 3.29. The minimum atomic E-state index is -0.109. The van der Waals surface area contributed by atoms with Gasteiger partial charge in [0.2, 0.25) is 5.13 Å². The van der Waals surface area contributed by atoms with Gasteiger partial charge in [0.15, 0.2) is 16.7 Å². The average Bonchev–Trinajstić information content (AvgIpc) is 3.38. The quantitative estimate of drug-likeness (QED) is 0.437. The van der Waals surface area contributed by atoms with Crippen molar-refractivity contribution in [2.45, 2.75) is 6.61 Å². The normalized spacial score (nSPS) is 16.4. The van der Waals surface area contributed by atoms with E-state index in [-0.39, 0.29) is 5.91 Å². The number of thioether (sulfide) groups is 1. The summed E-state index contributed by atoms with van der Waals surface area (Å²) in [6.07, 6.45) is 3.50. The van der Waals surface area contributed by atoms with E-state index in [1.807, 2.05) is 53.9 Å². The van der Waals surface area contributed by atoms with Crippen LogP contribution in [0.1, 0.15) is 11.1 Å². The number of hydrogen-bond donors (Lipinski definition) is 0. The van der Waals surface area contributed by atoms with Gasteiger partial charge in [-0.3, -0.25) is 9.69 Å². The molecule has 9 heteroatoms. The van der Waals surface area contributed by atoms with Crippen molar-refractivity contribution in [3.05, 3.63) is 75.1 Å². The van der Waals surface area contributed by atoms with Crippen molar-refractivity contribution in [2.75, 3.05) is 14.2 Å². The van der Waals surface area contributed by atoms with Gasteiger partial charge in [0.1, 0.15) is 6.61 Å². The summed E-state index contributed by atoms with van der Waals surface area (Å²) in [5.41, 5.74) is 1.83. The first-order valence-electron chi connectivity index (χ1n) is 9.24. The van der Waals surface area contributed by atoms with Crippen molar-refractivity contribution in [3.8, 4) is 11.5 Å². The molecule has 1 aromatic heterocycles. The molecular formula is C22H18ClN3O3S2. The number of nitrogens with zero attached hydrogens (tertiary/aromatic N) is 3. The molecule has 0 N–H and O–H groups in total. The molecule has 0 spiro atoms. The minimum Gasteiger partial charge on any atom is -0.493 e. The van der Waals surface area contributed by atoms with Gasteiger partial charge in [0.05, 0.1) is 12.0 Å². The fourth-order valence-electron chi connectivity index (χ4n) is 2.79. The lowest BCUT2D eigenvalue weighted by molar-refractivity contribution is -0.121. The predicted octanol–water partition coefficient (Wildman–Crippen LogP) is 5.62. The summed E-state index contributed by atoms with van der Waals surface area (Å²) in [6.45, 7) is 0.393. The molecule has 4 rings (SSSR count). The third-order valence-corrected chi connectivity index (χ3v) is 6.38. The summed E-state index contributed by atoms with van der Waals surface area (Å²) in [5, 5.41) is 3.75. The van der Waals surface area contributed by atoms with Gasteiger partial charge >= 0.3 is 0 Å². The highest BCUT2D eigenvalue weighted by Gasteiger charge is 2.30. The molecule has 6 nitrogen and oxygen atoms in total. The van der Waals surface area contributed by atoms with Crippen LogP contribution >= 0.6 is 34.7 Å². The van der Waals surface area contributed by atoms with E-state index in [0.29, 0.717) is 38.3 Å². The van der Waals surface area contributed by atoms with E-state index in [1.54, 1.807) is 20.4 Å². The molecule has 0 bridgehead atoms. The van der Waals surface area contributed by atoms with Crippen LogP contribution in [-0.4, -0.2) is 35.1 Å². The van der Waals surface area contributed by atoms with E-state index in [0.717, 1.165) is 11.1 Å². The molecule has 1 aliphatic rings. The van der Waals surface area contributed by atoms with Crippen molar-refractivity contribution in [2.24, 2.45) is 4.99 Å². The van der Waals surface area contributed by atoms with Crippen LogP contribution in [-0.2, 0) is 11.4 Å². The molecule has 0 aliphatic carbocycles. The Morgan fingerprint density at radius 3 is 2.71 bits per heavy atom. The van der Waals surface area contributed by atoms with Crippen LogP contribution < -0.4 is 9.47 Å². The zero-order valence-electron chi connectivity index (χ0n) is 16.7. The Morgan fingerprint density at radius 2 is 2.00 bits per heavy atom. The summed E-state index contributed by atoms with van der Waals surface area (Å²) in [6, 6.07) is 13.0. The maximum Gasteiger partial charge on any atom is 0.266 e. The molecule has 2 heterocycles. The number of amidine groups is 1. The zero-order chi connectivity index (χ0) is 21.8. The maximum absolute atomic E-state index is 12.6. The van der Waals surface area contributed by atoms with E-state index in [9.17, 15) is 4.79 Å². The molecule has 1 fully saturated rings. The van der Waals surface area contributed by atoms with Gasteiger partial charge in [-0.25, -0.2) is 4.98 Å². The first kappa shape index (κ1) is 21.4. The fraction of sp³-hybridized carbons (Fsp3) is 0.136. The Hall–Kier alpha value is -2.81. The van der Waals surface area contributed by atoms with Crippen molar-refractivity contribution >= 4 is 57.0 Å². The number of amides is 1. The molecule has 1 aliphatic heterocycles. The number of ether oxygens (including phenoxy) is 2. The lowest BCUT2D eigenvalue weighted by atomic mass is 10.2. The monoisotopic (exact) mass is 471 g/mol. The van der Waals surface area contributed by atoms with Crippen LogP contribution in [0.3, 0.4) is 0 Å². The second-order valence-electron chi connectivity index (χ2n) is 6.51. The lowest BCUT2D eigenvalue weighted by Gasteiger charge is -2.11. The number of carbonyl (C=O) groups excluding carboxylic acids is 1. The largest absolute Gasteiger partial charge is 0.493 e. The van der Waals surface area contributed by atoms with Crippen molar-refractivity contribution in [1.29, 1.82) is 0 Å². The SMILES string of the molecule is COc1cc(/C=C2\S/C(=N/c3nccs3)N(C)C2=O)ccc1OCc1ccc(Cl)cc1. The van der Waals surface area contributed by atoms with Crippen LogP contribution in [0, 0.1) is 0 Å². The number of aromatic nitrogens is 1. The number of benzene rings is 2. The summed E-state index contributed by atoms with van der Waals surface area (Å²) >= 11 is 8.66. The Bertz CT molecular complexity index is 1150. The number of aliphatic imine (C=N–C) groups is 1. The van der Waals surface area contributed by atoms with Crippen LogP contribution in [0.25, 0.3) is 6.08 Å². The maximum atomic E-state index is 12.6. The number of carbonyl (C=O) groups is 1. The van der Waals surface area contributed by atoms with Gasteiger partial charge in [-0.1, -0.05) is 29.8 Å². The van der Waals surface area contributed by atoms with E-state index in [4.69, 9.17) is 21.1 Å². The highest BCUT2D eigenvalue weighted by atomic mass is 35.5. The van der Waals surface area contributed by atoms with Gasteiger partial charge in [-0.15, -0.1) is 11.3 Å². The predicted molar refractivity (Wildman–Crippen MR) is 126 cm³/mol. The molecule has 0 saturated carbocycles. The Morgan fingerprint density at radius 1 is 1.19 bits per heavy atom.